The summed E-state index contributed by atoms with van der Waals surface area (Å²) in [5.41, 5.74) is 1.96. The van der Waals surface area contributed by atoms with Gasteiger partial charge in [-0.2, -0.15) is 13.2 Å². The number of thiazole rings is 1. The van der Waals surface area contributed by atoms with Crippen LogP contribution in [0.25, 0.3) is 11.0 Å². The molecule has 0 aromatic carbocycles. The summed E-state index contributed by atoms with van der Waals surface area (Å²) in [6.45, 7) is 2.91. The van der Waals surface area contributed by atoms with E-state index in [1.54, 1.807) is 13.1 Å². The highest BCUT2D eigenvalue weighted by atomic mass is 32.1. The van der Waals surface area contributed by atoms with E-state index in [0.717, 1.165) is 16.6 Å². The largest absolute Gasteiger partial charge is 0.481 e. The Labute approximate surface area is 210 Å². The number of hydrogen-bond donors (Lipinski definition) is 1. The molecule has 4 heterocycles. The first kappa shape index (κ1) is 24.7. The Kier molecular flexibility index (Phi) is 6.30. The Bertz CT molecular complexity index is 1310. The van der Waals surface area contributed by atoms with Crippen LogP contribution in [0.2, 0.25) is 0 Å². The minimum atomic E-state index is -4.48. The Morgan fingerprint density at radius 2 is 2.00 bits per heavy atom. The summed E-state index contributed by atoms with van der Waals surface area (Å²) in [7, 11) is 0. The molecule has 0 unspecified atom stereocenters. The second kappa shape index (κ2) is 9.17. The van der Waals surface area contributed by atoms with Gasteiger partial charge in [-0.05, 0) is 62.6 Å². The summed E-state index contributed by atoms with van der Waals surface area (Å²) in [6.07, 6.45) is 2.03. The molecule has 3 aromatic heterocycles. The van der Waals surface area contributed by atoms with Crippen molar-refractivity contribution in [2.75, 3.05) is 6.54 Å². The number of halogens is 3. The van der Waals surface area contributed by atoms with Crippen LogP contribution < -0.4 is 0 Å². The molecule has 192 valence electrons. The zero-order chi connectivity index (χ0) is 25.7. The van der Waals surface area contributed by atoms with Crippen molar-refractivity contribution in [2.45, 2.75) is 64.7 Å². The van der Waals surface area contributed by atoms with E-state index in [1.807, 2.05) is 21.6 Å². The van der Waals surface area contributed by atoms with E-state index in [0.29, 0.717) is 73.5 Å². The summed E-state index contributed by atoms with van der Waals surface area (Å²) in [6, 6.07) is 3.80. The van der Waals surface area contributed by atoms with E-state index in [1.165, 1.54) is 6.20 Å². The van der Waals surface area contributed by atoms with E-state index in [9.17, 15) is 27.9 Å². The van der Waals surface area contributed by atoms with E-state index in [-0.39, 0.29) is 18.4 Å². The van der Waals surface area contributed by atoms with E-state index >= 15 is 0 Å². The van der Waals surface area contributed by atoms with Gasteiger partial charge >= 0.3 is 12.1 Å². The van der Waals surface area contributed by atoms with Crippen LogP contribution in [0, 0.1) is 11.3 Å². The lowest BCUT2D eigenvalue weighted by atomic mass is 9.71. The number of hydrogen-bond acceptors (Lipinski definition) is 5. The minimum Gasteiger partial charge on any atom is -0.481 e. The smallest absolute Gasteiger partial charge is 0.443 e. The molecule has 5 rings (SSSR count). The molecule has 1 aliphatic heterocycles. The van der Waals surface area contributed by atoms with E-state index < -0.39 is 22.6 Å². The first-order valence-electron chi connectivity index (χ1n) is 12.0. The number of nitrogens with zero attached hydrogens (tertiary/aromatic N) is 4. The highest BCUT2D eigenvalue weighted by molar-refractivity contribution is 7.11. The predicted molar refractivity (Wildman–Crippen MR) is 127 cm³/mol. The summed E-state index contributed by atoms with van der Waals surface area (Å²) in [4.78, 5) is 35.1. The maximum Gasteiger partial charge on any atom is 0.443 e. The van der Waals surface area contributed by atoms with Crippen LogP contribution in [-0.4, -0.2) is 43.0 Å². The van der Waals surface area contributed by atoms with Crippen LogP contribution in [0.5, 0.6) is 0 Å². The van der Waals surface area contributed by atoms with Gasteiger partial charge in [-0.1, -0.05) is 0 Å². The third kappa shape index (κ3) is 4.60. The van der Waals surface area contributed by atoms with Crippen molar-refractivity contribution in [3.05, 3.63) is 45.7 Å². The number of alkyl halides is 3. The maximum atomic E-state index is 13.2. The van der Waals surface area contributed by atoms with Gasteiger partial charge in [-0.25, -0.2) is 9.97 Å². The van der Waals surface area contributed by atoms with Gasteiger partial charge in [0.1, 0.15) is 5.65 Å². The van der Waals surface area contributed by atoms with Crippen molar-refractivity contribution >= 4 is 34.2 Å². The average Bonchev–Trinajstić information content (AvgIpc) is 3.44. The van der Waals surface area contributed by atoms with Crippen LogP contribution >= 0.6 is 11.3 Å². The Morgan fingerprint density at radius 3 is 2.67 bits per heavy atom. The molecule has 1 amide bonds. The van der Waals surface area contributed by atoms with Gasteiger partial charge in [0.25, 0.3) is 0 Å². The molecule has 36 heavy (non-hydrogen) atoms. The number of amides is 1. The lowest BCUT2D eigenvalue weighted by molar-refractivity contribution is -0.150. The molecule has 0 bridgehead atoms. The van der Waals surface area contributed by atoms with Gasteiger partial charge in [0.05, 0.1) is 18.5 Å². The molecule has 2 aliphatic rings. The molecule has 1 aliphatic carbocycles. The van der Waals surface area contributed by atoms with Crippen LogP contribution in [0.4, 0.5) is 13.2 Å². The second-order valence-corrected chi connectivity index (χ2v) is 11.2. The lowest BCUT2D eigenvalue weighted by Gasteiger charge is -2.35. The average molecular weight is 521 g/mol. The van der Waals surface area contributed by atoms with Crippen molar-refractivity contribution in [3.8, 4) is 0 Å². The van der Waals surface area contributed by atoms with Crippen molar-refractivity contribution in [1.29, 1.82) is 0 Å². The number of fused-ring (bicyclic) bond motifs is 3. The predicted octanol–water partition coefficient (Wildman–Crippen LogP) is 5.12. The van der Waals surface area contributed by atoms with Crippen molar-refractivity contribution in [3.63, 3.8) is 0 Å². The lowest BCUT2D eigenvalue weighted by Crippen LogP contribution is -2.39. The summed E-state index contributed by atoms with van der Waals surface area (Å²) >= 11 is 0.622. The number of pyridine rings is 1. The van der Waals surface area contributed by atoms with Gasteiger partial charge in [0, 0.05) is 41.3 Å². The van der Waals surface area contributed by atoms with Gasteiger partial charge in [0.15, 0.2) is 5.01 Å². The zero-order valence-corrected chi connectivity index (χ0v) is 20.7. The molecule has 0 saturated heterocycles. The highest BCUT2D eigenvalue weighted by Gasteiger charge is 2.39. The fourth-order valence-corrected chi connectivity index (χ4v) is 6.19. The number of carbonyl (C=O) groups is 2. The molecule has 0 radical (unpaired) electrons. The Morgan fingerprint density at radius 1 is 1.25 bits per heavy atom. The fourth-order valence-electron chi connectivity index (χ4n) is 5.42. The van der Waals surface area contributed by atoms with Crippen molar-refractivity contribution in [1.82, 2.24) is 19.4 Å². The van der Waals surface area contributed by atoms with Crippen LogP contribution in [-0.2, 0) is 35.3 Å². The van der Waals surface area contributed by atoms with Gasteiger partial charge in [0.2, 0.25) is 5.91 Å². The van der Waals surface area contributed by atoms with Crippen LogP contribution in [0.15, 0.2) is 24.5 Å². The van der Waals surface area contributed by atoms with Crippen molar-refractivity contribution in [2.24, 2.45) is 11.3 Å². The highest BCUT2D eigenvalue weighted by Crippen LogP contribution is 2.41. The summed E-state index contributed by atoms with van der Waals surface area (Å²) < 4.78 is 41.1. The maximum absolute atomic E-state index is 13.2. The normalized spacial score (nSPS) is 22.6. The van der Waals surface area contributed by atoms with Crippen LogP contribution in [0.1, 0.15) is 60.2 Å². The molecule has 1 N–H and O–H groups in total. The minimum absolute atomic E-state index is 0.0338. The van der Waals surface area contributed by atoms with E-state index in [4.69, 9.17) is 0 Å². The molecule has 1 saturated carbocycles. The standard InChI is InChI=1S/C25H27F3N4O3S/c1-24(23(34)35)7-4-15(5-8-24)11-20(33)31-10-6-17-18-3-2-9-29-21(18)32(19(17)14-31)13-16-12-30-22(36-16)25(26,27)28/h2-3,9,12,15H,4-8,10-11,13-14H2,1H3,(H,34,35). The van der Waals surface area contributed by atoms with Gasteiger partial charge < -0.3 is 14.6 Å². The number of aromatic nitrogens is 3. The quantitative estimate of drug-likeness (QED) is 0.505. The monoisotopic (exact) mass is 520 g/mol. The van der Waals surface area contributed by atoms with Gasteiger partial charge in [-0.3, -0.25) is 9.59 Å². The fraction of sp³-hybridized carbons (Fsp3) is 0.520. The molecular formula is C25H27F3N4O3S. The topological polar surface area (TPSA) is 88.3 Å². The van der Waals surface area contributed by atoms with Crippen LogP contribution in [0.3, 0.4) is 0 Å². The van der Waals surface area contributed by atoms with Gasteiger partial charge in [-0.15, -0.1) is 11.3 Å². The van der Waals surface area contributed by atoms with E-state index in [2.05, 4.69) is 9.97 Å². The summed E-state index contributed by atoms with van der Waals surface area (Å²) in [5, 5.41) is 9.54. The molecule has 7 nitrogen and oxygen atoms in total. The molecule has 1 fully saturated rings. The zero-order valence-electron chi connectivity index (χ0n) is 19.8. The number of carboxylic acids is 1. The second-order valence-electron chi connectivity index (χ2n) is 10.1. The number of carboxylic acid groups (broad SMARTS) is 1. The number of rotatable bonds is 5. The first-order chi connectivity index (χ1) is 17.0. The summed E-state index contributed by atoms with van der Waals surface area (Å²) in [5.74, 6) is -0.580. The first-order valence-corrected chi connectivity index (χ1v) is 12.8. The SMILES string of the molecule is CC1(C(=O)O)CCC(CC(=O)N2CCc3c(n(Cc4cnc(C(F)(F)F)s4)c4ncccc34)C2)CC1. The molecule has 0 spiro atoms. The molecular weight excluding hydrogens is 493 g/mol. The third-order valence-electron chi connectivity index (χ3n) is 7.67. The third-order valence-corrected chi connectivity index (χ3v) is 8.69. The Hall–Kier alpha value is -2.95. The van der Waals surface area contributed by atoms with Crippen molar-refractivity contribution < 1.29 is 27.9 Å². The molecule has 3 aromatic rings. The number of carbonyl (C=O) groups excluding carboxylic acids is 1. The number of aliphatic carboxylic acids is 1. The molecule has 11 heteroatoms. The molecule has 0 atom stereocenters. The Balaban J connectivity index is 1.35.